The molecule has 2 N–H and O–H groups in total. The lowest BCUT2D eigenvalue weighted by Crippen LogP contribution is -2.21. The zero-order chi connectivity index (χ0) is 15.2. The predicted molar refractivity (Wildman–Crippen MR) is 81.9 cm³/mol. The zero-order valence-electron chi connectivity index (χ0n) is 11.5. The lowest BCUT2D eigenvalue weighted by molar-refractivity contribution is -0.131. The van der Waals surface area contributed by atoms with Crippen molar-refractivity contribution in [1.82, 2.24) is 0 Å². The van der Waals surface area contributed by atoms with E-state index in [1.807, 2.05) is 13.0 Å². The van der Waals surface area contributed by atoms with E-state index in [0.717, 1.165) is 11.6 Å². The van der Waals surface area contributed by atoms with Crippen molar-refractivity contribution in [2.45, 2.75) is 6.92 Å². The molecule has 0 atom stereocenters. The number of aliphatic hydroxyl groups is 1. The summed E-state index contributed by atoms with van der Waals surface area (Å²) >= 11 is 0. The second-order valence-corrected chi connectivity index (χ2v) is 4.58. The van der Waals surface area contributed by atoms with Gasteiger partial charge in [-0.1, -0.05) is 42.0 Å². The highest BCUT2D eigenvalue weighted by atomic mass is 16.3. The number of carbonyl (C=O) groups is 2. The normalized spacial score (nSPS) is 11.0. The molecule has 1 amide bonds. The van der Waals surface area contributed by atoms with Crippen LogP contribution in [0.25, 0.3) is 5.76 Å². The van der Waals surface area contributed by atoms with Gasteiger partial charge in [-0.3, -0.25) is 9.59 Å². The maximum absolute atomic E-state index is 11.8. The summed E-state index contributed by atoms with van der Waals surface area (Å²) in [6, 6.07) is 15.7. The highest BCUT2D eigenvalue weighted by Gasteiger charge is 2.13. The number of hydrogen-bond donors (Lipinski definition) is 2. The minimum absolute atomic E-state index is 0.230. The molecular formula is C17H15NO3. The van der Waals surface area contributed by atoms with Gasteiger partial charge in [0.25, 0.3) is 5.91 Å². The molecule has 4 nitrogen and oxygen atoms in total. The number of aliphatic hydroxyl groups excluding tert-OH is 1. The fourth-order valence-corrected chi connectivity index (χ4v) is 1.79. The molecule has 0 aliphatic carbocycles. The summed E-state index contributed by atoms with van der Waals surface area (Å²) in [5, 5.41) is 12.4. The molecule has 0 aliphatic heterocycles. The van der Waals surface area contributed by atoms with E-state index in [1.54, 1.807) is 48.5 Å². The lowest BCUT2D eigenvalue weighted by Gasteiger charge is -2.03. The van der Waals surface area contributed by atoms with Crippen molar-refractivity contribution in [2.24, 2.45) is 0 Å². The molecule has 0 aliphatic rings. The number of benzene rings is 2. The largest absolute Gasteiger partial charge is 0.507 e. The number of aryl methyl sites for hydroxylation is 1. The molecule has 0 saturated heterocycles. The third-order valence-electron chi connectivity index (χ3n) is 2.84. The molecule has 4 heteroatoms. The molecule has 0 heterocycles. The predicted octanol–water partition coefficient (Wildman–Crippen LogP) is 3.10. The van der Waals surface area contributed by atoms with Gasteiger partial charge in [-0.15, -0.1) is 0 Å². The summed E-state index contributed by atoms with van der Waals surface area (Å²) in [4.78, 5) is 23.5. The third kappa shape index (κ3) is 4.04. The Bertz CT molecular complexity index is 690. The van der Waals surface area contributed by atoms with Crippen LogP contribution in [0, 0.1) is 6.92 Å². The summed E-state index contributed by atoms with van der Waals surface area (Å²) in [6.07, 6.45) is 0.924. The summed E-state index contributed by atoms with van der Waals surface area (Å²) < 4.78 is 0. The van der Waals surface area contributed by atoms with E-state index in [1.165, 1.54) is 0 Å². The maximum atomic E-state index is 11.8. The Morgan fingerprint density at radius 1 is 1.05 bits per heavy atom. The Morgan fingerprint density at radius 2 is 1.76 bits per heavy atom. The van der Waals surface area contributed by atoms with Gasteiger partial charge in [0.05, 0.1) is 0 Å². The fourth-order valence-electron chi connectivity index (χ4n) is 1.79. The molecule has 0 saturated carbocycles. The van der Waals surface area contributed by atoms with E-state index in [9.17, 15) is 14.7 Å². The monoisotopic (exact) mass is 281 g/mol. The van der Waals surface area contributed by atoms with Gasteiger partial charge in [-0.05, 0) is 25.1 Å². The first-order valence-corrected chi connectivity index (χ1v) is 6.44. The SMILES string of the molecule is Cc1cccc(/C(O)=C/C(=O)C(=O)Nc2ccccc2)c1. The zero-order valence-corrected chi connectivity index (χ0v) is 11.5. The minimum atomic E-state index is -0.808. The number of amides is 1. The number of para-hydroxylation sites is 1. The van der Waals surface area contributed by atoms with Crippen molar-refractivity contribution in [2.75, 3.05) is 5.32 Å². The van der Waals surface area contributed by atoms with Gasteiger partial charge in [0.1, 0.15) is 5.76 Å². The number of nitrogens with one attached hydrogen (secondary N) is 1. The maximum Gasteiger partial charge on any atom is 0.296 e. The van der Waals surface area contributed by atoms with Crippen LogP contribution in [0.5, 0.6) is 0 Å². The van der Waals surface area contributed by atoms with E-state index in [-0.39, 0.29) is 5.76 Å². The van der Waals surface area contributed by atoms with E-state index < -0.39 is 11.7 Å². The van der Waals surface area contributed by atoms with Gasteiger partial charge in [-0.25, -0.2) is 0 Å². The molecule has 0 bridgehead atoms. The molecule has 2 aromatic carbocycles. The average molecular weight is 281 g/mol. The molecule has 0 fully saturated rings. The van der Waals surface area contributed by atoms with Crippen molar-refractivity contribution < 1.29 is 14.7 Å². The number of rotatable bonds is 4. The lowest BCUT2D eigenvalue weighted by atomic mass is 10.1. The number of hydrogen-bond acceptors (Lipinski definition) is 3. The standard InChI is InChI=1S/C17H15NO3/c1-12-6-5-7-13(10-12)15(19)11-16(20)17(21)18-14-8-3-2-4-9-14/h2-11,19H,1H3,(H,18,21)/b15-11-. The second kappa shape index (κ2) is 6.52. The molecule has 0 aromatic heterocycles. The topological polar surface area (TPSA) is 66.4 Å². The van der Waals surface area contributed by atoms with Gasteiger partial charge < -0.3 is 10.4 Å². The first kappa shape index (κ1) is 14.5. The molecular weight excluding hydrogens is 266 g/mol. The van der Waals surface area contributed by atoms with Crippen molar-refractivity contribution >= 4 is 23.1 Å². The van der Waals surface area contributed by atoms with E-state index in [0.29, 0.717) is 11.3 Å². The molecule has 0 spiro atoms. The van der Waals surface area contributed by atoms with Crippen LogP contribution in [-0.4, -0.2) is 16.8 Å². The molecule has 0 radical (unpaired) electrons. The summed E-state index contributed by atoms with van der Waals surface area (Å²) in [7, 11) is 0. The van der Waals surface area contributed by atoms with Crippen LogP contribution in [0.4, 0.5) is 5.69 Å². The molecule has 21 heavy (non-hydrogen) atoms. The second-order valence-electron chi connectivity index (χ2n) is 4.58. The van der Waals surface area contributed by atoms with Crippen LogP contribution in [0.15, 0.2) is 60.7 Å². The first-order chi connectivity index (χ1) is 10.1. The first-order valence-electron chi connectivity index (χ1n) is 6.44. The quantitative estimate of drug-likeness (QED) is 0.514. The van der Waals surface area contributed by atoms with Gasteiger partial charge in [0.15, 0.2) is 0 Å². The van der Waals surface area contributed by atoms with Crippen molar-refractivity contribution in [3.8, 4) is 0 Å². The number of ketones is 1. The average Bonchev–Trinajstić information content (AvgIpc) is 2.48. The minimum Gasteiger partial charge on any atom is -0.507 e. The van der Waals surface area contributed by atoms with Crippen molar-refractivity contribution in [3.05, 3.63) is 71.8 Å². The van der Waals surface area contributed by atoms with Crippen LogP contribution < -0.4 is 5.32 Å². The summed E-state index contributed by atoms with van der Waals surface area (Å²) in [5.74, 6) is -1.83. The van der Waals surface area contributed by atoms with Gasteiger partial charge in [-0.2, -0.15) is 0 Å². The van der Waals surface area contributed by atoms with Crippen LogP contribution >= 0.6 is 0 Å². The van der Waals surface area contributed by atoms with E-state index >= 15 is 0 Å². The fraction of sp³-hybridized carbons (Fsp3) is 0.0588. The Kier molecular flexibility index (Phi) is 4.51. The Balaban J connectivity index is 2.09. The molecule has 2 rings (SSSR count). The van der Waals surface area contributed by atoms with Crippen LogP contribution in [-0.2, 0) is 9.59 Å². The third-order valence-corrected chi connectivity index (χ3v) is 2.84. The van der Waals surface area contributed by atoms with Crippen LogP contribution in [0.1, 0.15) is 11.1 Å². The number of carbonyl (C=O) groups excluding carboxylic acids is 2. The van der Waals surface area contributed by atoms with Gasteiger partial charge >= 0.3 is 0 Å². The Hall–Kier alpha value is -2.88. The highest BCUT2D eigenvalue weighted by Crippen LogP contribution is 2.13. The smallest absolute Gasteiger partial charge is 0.296 e. The Morgan fingerprint density at radius 3 is 2.43 bits per heavy atom. The van der Waals surface area contributed by atoms with Gasteiger partial charge in [0, 0.05) is 17.3 Å². The summed E-state index contributed by atoms with van der Waals surface area (Å²) in [5.41, 5.74) is 1.98. The molecule has 106 valence electrons. The van der Waals surface area contributed by atoms with E-state index in [2.05, 4.69) is 5.32 Å². The van der Waals surface area contributed by atoms with E-state index in [4.69, 9.17) is 0 Å². The van der Waals surface area contributed by atoms with Crippen LogP contribution in [0.2, 0.25) is 0 Å². The summed E-state index contributed by atoms with van der Waals surface area (Å²) in [6.45, 7) is 1.88. The number of anilines is 1. The highest BCUT2D eigenvalue weighted by molar-refractivity contribution is 6.45. The molecule has 2 aromatic rings. The molecule has 0 unspecified atom stereocenters. The Labute approximate surface area is 122 Å². The van der Waals surface area contributed by atoms with Crippen molar-refractivity contribution in [1.29, 1.82) is 0 Å². The van der Waals surface area contributed by atoms with Crippen molar-refractivity contribution in [3.63, 3.8) is 0 Å². The van der Waals surface area contributed by atoms with Crippen LogP contribution in [0.3, 0.4) is 0 Å². The van der Waals surface area contributed by atoms with Gasteiger partial charge in [0.2, 0.25) is 5.78 Å².